The number of anilines is 3. The standard InChI is InChI=1S/C62H45N/c1-6-18-46(19-7-1)30-31-47-34-40-52(41-35-47)61-59(50-20-8-2-9-21-50)57-28-16-17-29-58(57)60(51-22-10-3-11-23-51)62(61)53-42-36-48(37-43-53)32-33-49-38-44-56(45-39-49)63(54-24-12-4-13-25-54)55-26-14-5-15-27-55/h1-45H/b31-30+,33-32+. The van der Waals surface area contributed by atoms with E-state index >= 15 is 0 Å². The minimum absolute atomic E-state index is 1.11. The van der Waals surface area contributed by atoms with Gasteiger partial charge in [0.05, 0.1) is 0 Å². The second kappa shape index (κ2) is 18.2. The largest absolute Gasteiger partial charge is 0.311 e. The lowest BCUT2D eigenvalue weighted by atomic mass is 9.79. The molecule has 0 radical (unpaired) electrons. The smallest absolute Gasteiger partial charge is 0.0462 e. The number of rotatable bonds is 11. The quantitative estimate of drug-likeness (QED) is 0.118. The van der Waals surface area contributed by atoms with E-state index in [0.717, 1.165) is 33.8 Å². The van der Waals surface area contributed by atoms with Gasteiger partial charge in [-0.1, -0.05) is 237 Å². The molecule has 0 heterocycles. The summed E-state index contributed by atoms with van der Waals surface area (Å²) in [7, 11) is 0. The molecular formula is C62H45N. The third-order valence-electron chi connectivity index (χ3n) is 11.7. The van der Waals surface area contributed by atoms with Gasteiger partial charge in [-0.3, -0.25) is 0 Å². The van der Waals surface area contributed by atoms with Gasteiger partial charge in [-0.25, -0.2) is 0 Å². The van der Waals surface area contributed by atoms with Gasteiger partial charge in [0.1, 0.15) is 0 Å². The first-order chi connectivity index (χ1) is 31.3. The van der Waals surface area contributed by atoms with E-state index in [2.05, 4.69) is 278 Å². The molecule has 0 aliphatic rings. The molecule has 0 spiro atoms. The van der Waals surface area contributed by atoms with Crippen molar-refractivity contribution in [2.45, 2.75) is 0 Å². The summed E-state index contributed by atoms with van der Waals surface area (Å²) in [4.78, 5) is 2.29. The van der Waals surface area contributed by atoms with Gasteiger partial charge in [0.25, 0.3) is 0 Å². The molecule has 0 unspecified atom stereocenters. The fourth-order valence-corrected chi connectivity index (χ4v) is 8.63. The van der Waals surface area contributed by atoms with Crippen LogP contribution >= 0.6 is 0 Å². The summed E-state index contributed by atoms with van der Waals surface area (Å²) in [6.07, 6.45) is 8.78. The van der Waals surface area contributed by atoms with Crippen LogP contribution in [0.5, 0.6) is 0 Å². The van der Waals surface area contributed by atoms with Gasteiger partial charge < -0.3 is 4.90 Å². The van der Waals surface area contributed by atoms with Crippen molar-refractivity contribution in [3.63, 3.8) is 0 Å². The lowest BCUT2D eigenvalue weighted by molar-refractivity contribution is 1.28. The van der Waals surface area contributed by atoms with Gasteiger partial charge in [-0.15, -0.1) is 0 Å². The predicted octanol–water partition coefficient (Wildman–Crippen LogP) is 17.3. The zero-order valence-corrected chi connectivity index (χ0v) is 34.9. The highest BCUT2D eigenvalue weighted by molar-refractivity contribution is 6.18. The van der Waals surface area contributed by atoms with Crippen LogP contribution in [-0.2, 0) is 0 Å². The third kappa shape index (κ3) is 8.42. The van der Waals surface area contributed by atoms with Crippen LogP contribution in [0.3, 0.4) is 0 Å². The van der Waals surface area contributed by atoms with E-state index < -0.39 is 0 Å². The van der Waals surface area contributed by atoms with Crippen molar-refractivity contribution >= 4 is 52.1 Å². The number of benzene rings is 10. The molecule has 0 bridgehead atoms. The number of fused-ring (bicyclic) bond motifs is 1. The van der Waals surface area contributed by atoms with E-state index in [9.17, 15) is 0 Å². The molecule has 0 aliphatic heterocycles. The summed E-state index contributed by atoms with van der Waals surface area (Å²) in [6, 6.07) is 89.2. The molecule has 0 aliphatic carbocycles. The van der Waals surface area contributed by atoms with Crippen molar-refractivity contribution in [3.05, 3.63) is 271 Å². The Morgan fingerprint density at radius 3 is 0.857 bits per heavy atom. The first-order valence-corrected chi connectivity index (χ1v) is 21.6. The molecule has 0 N–H and O–H groups in total. The number of hydrogen-bond acceptors (Lipinski definition) is 1. The maximum atomic E-state index is 2.30. The highest BCUT2D eigenvalue weighted by Crippen LogP contribution is 2.51. The van der Waals surface area contributed by atoms with E-state index in [1.807, 2.05) is 0 Å². The molecular weight excluding hydrogens is 759 g/mol. The van der Waals surface area contributed by atoms with Crippen LogP contribution in [0.25, 0.3) is 79.6 Å². The van der Waals surface area contributed by atoms with Crippen LogP contribution in [0.2, 0.25) is 0 Å². The minimum atomic E-state index is 1.11. The van der Waals surface area contributed by atoms with Gasteiger partial charge in [0.15, 0.2) is 0 Å². The molecule has 10 aromatic rings. The highest BCUT2D eigenvalue weighted by atomic mass is 15.1. The first-order valence-electron chi connectivity index (χ1n) is 21.6. The van der Waals surface area contributed by atoms with Crippen molar-refractivity contribution in [2.24, 2.45) is 0 Å². The van der Waals surface area contributed by atoms with E-state index in [4.69, 9.17) is 0 Å². The second-order valence-electron chi connectivity index (χ2n) is 15.7. The summed E-state index contributed by atoms with van der Waals surface area (Å²) in [5.41, 5.74) is 17.6. The monoisotopic (exact) mass is 803 g/mol. The van der Waals surface area contributed by atoms with Crippen LogP contribution in [0.15, 0.2) is 249 Å². The molecule has 10 aromatic carbocycles. The van der Waals surface area contributed by atoms with E-state index in [0.29, 0.717) is 0 Å². The van der Waals surface area contributed by atoms with Crippen LogP contribution in [-0.4, -0.2) is 0 Å². The normalized spacial score (nSPS) is 11.4. The molecule has 0 saturated carbocycles. The highest BCUT2D eigenvalue weighted by Gasteiger charge is 2.24. The zero-order chi connectivity index (χ0) is 42.2. The topological polar surface area (TPSA) is 3.24 Å². The maximum Gasteiger partial charge on any atom is 0.0462 e. The average molecular weight is 804 g/mol. The Kier molecular flexibility index (Phi) is 11.2. The molecule has 0 atom stereocenters. The molecule has 0 fully saturated rings. The van der Waals surface area contributed by atoms with Gasteiger partial charge in [-0.2, -0.15) is 0 Å². The van der Waals surface area contributed by atoms with Crippen LogP contribution in [0, 0.1) is 0 Å². The number of nitrogens with zero attached hydrogens (tertiary/aromatic N) is 1. The summed E-state index contributed by atoms with van der Waals surface area (Å²) in [5, 5.41) is 2.46. The molecule has 1 nitrogen and oxygen atoms in total. The Bertz CT molecular complexity index is 3100. The van der Waals surface area contributed by atoms with Crippen molar-refractivity contribution in [1.29, 1.82) is 0 Å². The van der Waals surface area contributed by atoms with Gasteiger partial charge >= 0.3 is 0 Å². The van der Waals surface area contributed by atoms with E-state index in [1.165, 1.54) is 60.8 Å². The third-order valence-corrected chi connectivity index (χ3v) is 11.7. The fourth-order valence-electron chi connectivity index (χ4n) is 8.63. The molecule has 0 saturated heterocycles. The molecule has 0 aromatic heterocycles. The summed E-state index contributed by atoms with van der Waals surface area (Å²) in [5.74, 6) is 0. The van der Waals surface area contributed by atoms with Gasteiger partial charge in [0, 0.05) is 17.1 Å². The van der Waals surface area contributed by atoms with Crippen LogP contribution in [0.4, 0.5) is 17.1 Å². The predicted molar refractivity (Wildman–Crippen MR) is 271 cm³/mol. The van der Waals surface area contributed by atoms with Crippen molar-refractivity contribution in [2.75, 3.05) is 4.90 Å². The number of para-hydroxylation sites is 2. The lowest BCUT2D eigenvalue weighted by Crippen LogP contribution is -2.09. The minimum Gasteiger partial charge on any atom is -0.311 e. The summed E-state index contributed by atoms with van der Waals surface area (Å²) in [6.45, 7) is 0. The van der Waals surface area contributed by atoms with Crippen LogP contribution in [0.1, 0.15) is 22.3 Å². The Balaban J connectivity index is 1.07. The molecule has 1 heteroatoms. The van der Waals surface area contributed by atoms with E-state index in [1.54, 1.807) is 0 Å². The van der Waals surface area contributed by atoms with Gasteiger partial charge in [-0.05, 0) is 114 Å². The number of hydrogen-bond donors (Lipinski definition) is 0. The van der Waals surface area contributed by atoms with Crippen LogP contribution < -0.4 is 4.90 Å². The van der Waals surface area contributed by atoms with Gasteiger partial charge in [0.2, 0.25) is 0 Å². The van der Waals surface area contributed by atoms with Crippen molar-refractivity contribution < 1.29 is 0 Å². The fraction of sp³-hybridized carbons (Fsp3) is 0. The molecule has 0 amide bonds. The molecule has 298 valence electrons. The second-order valence-corrected chi connectivity index (χ2v) is 15.7. The Labute approximate surface area is 370 Å². The summed E-state index contributed by atoms with van der Waals surface area (Å²) < 4.78 is 0. The Morgan fingerprint density at radius 2 is 0.476 bits per heavy atom. The maximum absolute atomic E-state index is 2.30. The van der Waals surface area contributed by atoms with Crippen molar-refractivity contribution in [1.82, 2.24) is 0 Å². The SMILES string of the molecule is C(=C\c1ccc(-c2c(-c3ccc(/C=C/c4ccc(N(c5ccccc5)c5ccccc5)cc4)cc3)c(-c3ccccc3)c3ccccc3c2-c2ccccc2)cc1)/c1ccccc1. The molecule has 63 heavy (non-hydrogen) atoms. The summed E-state index contributed by atoms with van der Waals surface area (Å²) >= 11 is 0. The molecule has 10 rings (SSSR count). The lowest BCUT2D eigenvalue weighted by Gasteiger charge is -2.25. The first kappa shape index (κ1) is 38.9. The van der Waals surface area contributed by atoms with Crippen molar-refractivity contribution in [3.8, 4) is 44.5 Å². The zero-order valence-electron chi connectivity index (χ0n) is 34.9. The Morgan fingerprint density at radius 1 is 0.206 bits per heavy atom. The Hall–Kier alpha value is -8.26. The average Bonchev–Trinajstić information content (AvgIpc) is 3.37. The van der Waals surface area contributed by atoms with E-state index in [-0.39, 0.29) is 0 Å².